The van der Waals surface area contributed by atoms with Crippen LogP contribution in [0.25, 0.3) is 0 Å². The van der Waals surface area contributed by atoms with Crippen LogP contribution in [0.3, 0.4) is 0 Å². The molecule has 1 atom stereocenters. The maximum Gasteiger partial charge on any atom is 0.336 e. The zero-order valence-electron chi connectivity index (χ0n) is 17.5. The number of hydrogen-bond acceptors (Lipinski definition) is 6. The number of nitrogens with zero attached hydrogens (tertiary/aromatic N) is 1. The first-order valence-corrected chi connectivity index (χ1v) is 10.3. The van der Waals surface area contributed by atoms with Crippen molar-refractivity contribution in [1.82, 2.24) is 5.32 Å². The lowest BCUT2D eigenvalue weighted by atomic mass is 9.68. The van der Waals surface area contributed by atoms with Gasteiger partial charge >= 0.3 is 5.97 Å². The summed E-state index contributed by atoms with van der Waals surface area (Å²) >= 11 is 5.99. The Morgan fingerprint density at radius 3 is 2.70 bits per heavy atom. The summed E-state index contributed by atoms with van der Waals surface area (Å²) in [7, 11) is 0. The fourth-order valence-electron chi connectivity index (χ4n) is 4.16. The van der Waals surface area contributed by atoms with Crippen LogP contribution in [-0.2, 0) is 14.3 Å². The van der Waals surface area contributed by atoms with Gasteiger partial charge in [-0.3, -0.25) is 14.9 Å². The Bertz CT molecular complexity index is 993. The first-order chi connectivity index (χ1) is 14.1. The van der Waals surface area contributed by atoms with Gasteiger partial charge in [-0.25, -0.2) is 4.79 Å². The highest BCUT2D eigenvalue weighted by Gasteiger charge is 2.43. The Morgan fingerprint density at radius 2 is 2.07 bits per heavy atom. The van der Waals surface area contributed by atoms with Gasteiger partial charge < -0.3 is 10.1 Å². The van der Waals surface area contributed by atoms with Crippen molar-refractivity contribution in [2.75, 3.05) is 6.61 Å². The van der Waals surface area contributed by atoms with E-state index in [1.165, 1.54) is 12.1 Å². The van der Waals surface area contributed by atoms with Gasteiger partial charge in [0.25, 0.3) is 5.69 Å². The topological polar surface area (TPSA) is 98.5 Å². The number of nitrogens with one attached hydrogen (secondary N) is 1. The summed E-state index contributed by atoms with van der Waals surface area (Å²) in [6.45, 7) is 7.93. The number of ether oxygens (including phenoxy) is 1. The molecule has 1 aromatic carbocycles. The van der Waals surface area contributed by atoms with Gasteiger partial charge in [0.05, 0.1) is 17.1 Å². The molecule has 160 valence electrons. The van der Waals surface area contributed by atoms with E-state index < -0.39 is 16.8 Å². The maximum absolute atomic E-state index is 13.2. The molecule has 1 aliphatic carbocycles. The van der Waals surface area contributed by atoms with E-state index >= 15 is 0 Å². The van der Waals surface area contributed by atoms with Crippen molar-refractivity contribution >= 4 is 29.0 Å². The van der Waals surface area contributed by atoms with Gasteiger partial charge in [0, 0.05) is 35.4 Å². The lowest BCUT2D eigenvalue weighted by Gasteiger charge is -2.39. The smallest absolute Gasteiger partial charge is 0.336 e. The van der Waals surface area contributed by atoms with Crippen LogP contribution in [0.4, 0.5) is 5.69 Å². The Labute approximate surface area is 180 Å². The molecule has 3 rings (SSSR count). The quantitative estimate of drug-likeness (QED) is 0.407. The van der Waals surface area contributed by atoms with Crippen molar-refractivity contribution in [2.45, 2.75) is 52.9 Å². The summed E-state index contributed by atoms with van der Waals surface area (Å²) in [5, 5.41) is 14.7. The van der Waals surface area contributed by atoms with E-state index in [4.69, 9.17) is 16.3 Å². The molecular formula is C22H25ClN2O5. The number of carbonyl (C=O) groups excluding carboxylic acids is 2. The lowest BCUT2D eigenvalue weighted by molar-refractivity contribution is -0.384. The second-order valence-electron chi connectivity index (χ2n) is 8.53. The van der Waals surface area contributed by atoms with Gasteiger partial charge in [-0.05, 0) is 36.8 Å². The van der Waals surface area contributed by atoms with Crippen molar-refractivity contribution in [3.63, 3.8) is 0 Å². The number of nitro benzene ring substituents is 1. The molecule has 0 bridgehead atoms. The molecule has 0 spiro atoms. The van der Waals surface area contributed by atoms with Crippen molar-refractivity contribution < 1.29 is 19.2 Å². The summed E-state index contributed by atoms with van der Waals surface area (Å²) in [4.78, 5) is 37.0. The number of halogens is 1. The van der Waals surface area contributed by atoms with E-state index in [0.29, 0.717) is 41.7 Å². The molecule has 0 saturated heterocycles. The Balaban J connectivity index is 2.20. The van der Waals surface area contributed by atoms with Crippen molar-refractivity contribution in [1.29, 1.82) is 0 Å². The minimum atomic E-state index is -0.745. The summed E-state index contributed by atoms with van der Waals surface area (Å²) in [5.41, 5.74) is 2.09. The molecule has 0 fully saturated rings. The molecule has 30 heavy (non-hydrogen) atoms. The van der Waals surface area contributed by atoms with E-state index in [0.717, 1.165) is 5.70 Å². The largest absolute Gasteiger partial charge is 0.462 e. The Hall–Kier alpha value is -2.67. The van der Waals surface area contributed by atoms with Crippen molar-refractivity contribution in [3.05, 3.63) is 61.4 Å². The van der Waals surface area contributed by atoms with Crippen LogP contribution in [0.2, 0.25) is 5.02 Å². The summed E-state index contributed by atoms with van der Waals surface area (Å²) in [5.74, 6) is -1.36. The van der Waals surface area contributed by atoms with Crippen LogP contribution in [0.15, 0.2) is 40.7 Å². The number of Topliss-reactive ketones (excluding diaryl/α,β-unsaturated/α-hetero) is 1. The Kier molecular flexibility index (Phi) is 6.04. The molecular weight excluding hydrogens is 408 g/mol. The summed E-state index contributed by atoms with van der Waals surface area (Å²) in [6, 6.07) is 4.40. The first kappa shape index (κ1) is 22.0. The average Bonchev–Trinajstić information content (AvgIpc) is 2.64. The van der Waals surface area contributed by atoms with Crippen LogP contribution >= 0.6 is 11.6 Å². The second kappa shape index (κ2) is 8.22. The number of allylic oxidation sites excluding steroid dienone is 3. The number of benzene rings is 1. The van der Waals surface area contributed by atoms with E-state index in [1.807, 2.05) is 20.8 Å². The number of ketones is 1. The molecule has 1 N–H and O–H groups in total. The van der Waals surface area contributed by atoms with Crippen LogP contribution < -0.4 is 5.32 Å². The number of nitro groups is 1. The molecule has 0 saturated carbocycles. The number of carbonyl (C=O) groups is 2. The Morgan fingerprint density at radius 1 is 1.37 bits per heavy atom. The van der Waals surface area contributed by atoms with Gasteiger partial charge in [-0.15, -0.1) is 0 Å². The van der Waals surface area contributed by atoms with Crippen molar-refractivity contribution in [2.24, 2.45) is 5.41 Å². The predicted molar refractivity (Wildman–Crippen MR) is 113 cm³/mol. The standard InChI is InChI=1S/C22H25ClN2O5/c1-5-8-30-21(27)18-12(2)24-15-10-22(3,4)11-17(26)20(15)19(18)13-6-7-14(23)16(9-13)25(28)29/h6-7,9,19,24H,5,8,10-11H2,1-4H3/t19-/m0/s1. The third-order valence-corrected chi connectivity index (χ3v) is 5.72. The molecule has 2 aliphatic rings. The van der Waals surface area contributed by atoms with Crippen LogP contribution in [0, 0.1) is 15.5 Å². The number of dihydropyridines is 1. The van der Waals surface area contributed by atoms with Crippen LogP contribution in [-0.4, -0.2) is 23.3 Å². The van der Waals surface area contributed by atoms with E-state index in [1.54, 1.807) is 13.0 Å². The van der Waals surface area contributed by atoms with E-state index in [9.17, 15) is 19.7 Å². The number of rotatable bonds is 5. The maximum atomic E-state index is 13.2. The van der Waals surface area contributed by atoms with Crippen LogP contribution in [0.5, 0.6) is 0 Å². The number of hydrogen-bond donors (Lipinski definition) is 1. The molecule has 0 aromatic heterocycles. The average molecular weight is 433 g/mol. The van der Waals surface area contributed by atoms with Gasteiger partial charge in [0.15, 0.2) is 5.78 Å². The molecule has 1 aliphatic heterocycles. The highest BCUT2D eigenvalue weighted by molar-refractivity contribution is 6.32. The third-order valence-electron chi connectivity index (χ3n) is 5.40. The summed E-state index contributed by atoms with van der Waals surface area (Å²) < 4.78 is 5.38. The summed E-state index contributed by atoms with van der Waals surface area (Å²) in [6.07, 6.45) is 1.62. The predicted octanol–water partition coefficient (Wildman–Crippen LogP) is 4.81. The monoisotopic (exact) mass is 432 g/mol. The van der Waals surface area contributed by atoms with Crippen molar-refractivity contribution in [3.8, 4) is 0 Å². The molecule has 1 aromatic rings. The fourth-order valence-corrected chi connectivity index (χ4v) is 4.35. The molecule has 0 radical (unpaired) electrons. The third kappa shape index (κ3) is 4.12. The highest BCUT2D eigenvalue weighted by Crippen LogP contribution is 2.47. The molecule has 0 unspecified atom stereocenters. The normalized spacial score (nSPS) is 20.6. The molecule has 7 nitrogen and oxygen atoms in total. The van der Waals surface area contributed by atoms with E-state index in [2.05, 4.69) is 5.32 Å². The van der Waals surface area contributed by atoms with Gasteiger partial charge in [0.2, 0.25) is 0 Å². The van der Waals surface area contributed by atoms with Crippen LogP contribution in [0.1, 0.15) is 58.4 Å². The van der Waals surface area contributed by atoms with Gasteiger partial charge in [-0.2, -0.15) is 0 Å². The fraction of sp³-hybridized carbons (Fsp3) is 0.455. The first-order valence-electron chi connectivity index (χ1n) is 9.90. The second-order valence-corrected chi connectivity index (χ2v) is 8.94. The minimum absolute atomic E-state index is 0.00111. The molecule has 0 amide bonds. The lowest BCUT2D eigenvalue weighted by Crippen LogP contribution is -2.38. The minimum Gasteiger partial charge on any atom is -0.462 e. The zero-order chi connectivity index (χ0) is 22.2. The van der Waals surface area contributed by atoms with Gasteiger partial charge in [-0.1, -0.05) is 38.4 Å². The zero-order valence-corrected chi connectivity index (χ0v) is 18.3. The molecule has 8 heteroatoms. The SMILES string of the molecule is CCCOC(=O)C1=C(C)NC2=C(C(=O)CC(C)(C)C2)[C@H]1c1ccc(Cl)c([N+](=O)[O-])c1. The highest BCUT2D eigenvalue weighted by atomic mass is 35.5. The van der Waals surface area contributed by atoms with E-state index in [-0.39, 0.29) is 28.5 Å². The number of esters is 1. The van der Waals surface area contributed by atoms with Gasteiger partial charge in [0.1, 0.15) is 5.02 Å². The molecule has 1 heterocycles.